The number of rotatable bonds is 7. The molecule has 4 heteroatoms. The molecule has 0 saturated heterocycles. The summed E-state index contributed by atoms with van der Waals surface area (Å²) < 4.78 is 0. The molecule has 1 atom stereocenters. The van der Waals surface area contributed by atoms with Gasteiger partial charge in [0, 0.05) is 53.3 Å². The normalized spacial score (nSPS) is 13.0. The van der Waals surface area contributed by atoms with Crippen LogP contribution in [-0.2, 0) is 0 Å². The van der Waals surface area contributed by atoms with Crippen molar-refractivity contribution in [3.05, 3.63) is 72.1 Å². The third-order valence-corrected chi connectivity index (χ3v) is 5.35. The Kier molecular flexibility index (Phi) is 4.78. The summed E-state index contributed by atoms with van der Waals surface area (Å²) in [5.41, 5.74) is 4.60. The molecule has 2 aromatic carbocycles. The van der Waals surface area contributed by atoms with Crippen molar-refractivity contribution < 1.29 is 10.2 Å². The van der Waals surface area contributed by atoms with Crippen LogP contribution in [0.2, 0.25) is 0 Å². The Bertz CT molecular complexity index is 927. The first-order chi connectivity index (χ1) is 12.8. The van der Waals surface area contributed by atoms with Crippen LogP contribution in [0.5, 0.6) is 0 Å². The van der Waals surface area contributed by atoms with E-state index >= 15 is 0 Å². The Hall–Kier alpha value is -2.56. The maximum Gasteiger partial charge on any atom is 0.0468 e. The molecule has 4 nitrogen and oxygen atoms in total. The zero-order valence-electron chi connectivity index (χ0n) is 14.7. The van der Waals surface area contributed by atoms with Gasteiger partial charge in [0.15, 0.2) is 0 Å². The van der Waals surface area contributed by atoms with E-state index in [4.69, 9.17) is 0 Å². The molecule has 0 amide bonds. The van der Waals surface area contributed by atoms with E-state index < -0.39 is 0 Å². The average Bonchev–Trinajstić information content (AvgIpc) is 3.30. The van der Waals surface area contributed by atoms with E-state index in [1.165, 1.54) is 21.9 Å². The van der Waals surface area contributed by atoms with Gasteiger partial charge in [-0.25, -0.2) is 0 Å². The fraction of sp³-hybridized carbons (Fsp3) is 0.273. The van der Waals surface area contributed by atoms with E-state index in [1.54, 1.807) is 0 Å². The fourth-order valence-electron chi connectivity index (χ4n) is 4.09. The van der Waals surface area contributed by atoms with Crippen LogP contribution in [0, 0.1) is 5.92 Å². The third-order valence-electron chi connectivity index (χ3n) is 5.35. The Morgan fingerprint density at radius 1 is 0.769 bits per heavy atom. The number of aliphatic hydroxyl groups is 2. The van der Waals surface area contributed by atoms with E-state index in [0.717, 1.165) is 17.5 Å². The van der Waals surface area contributed by atoms with Crippen LogP contribution in [-0.4, -0.2) is 33.4 Å². The summed E-state index contributed by atoms with van der Waals surface area (Å²) in [6, 6.07) is 16.6. The van der Waals surface area contributed by atoms with Gasteiger partial charge in [0.1, 0.15) is 0 Å². The molecule has 0 radical (unpaired) electrons. The van der Waals surface area contributed by atoms with Gasteiger partial charge in [-0.15, -0.1) is 0 Å². The number of nitrogens with one attached hydrogen (secondary N) is 2. The number of hydrogen-bond acceptors (Lipinski definition) is 2. The summed E-state index contributed by atoms with van der Waals surface area (Å²) in [4.78, 5) is 6.74. The minimum absolute atomic E-state index is 0.0422. The van der Waals surface area contributed by atoms with Gasteiger partial charge >= 0.3 is 0 Å². The molecule has 2 aromatic heterocycles. The highest BCUT2D eigenvalue weighted by Gasteiger charge is 2.28. The van der Waals surface area contributed by atoms with Crippen LogP contribution in [0.1, 0.15) is 29.9 Å². The smallest absolute Gasteiger partial charge is 0.0468 e. The summed E-state index contributed by atoms with van der Waals surface area (Å²) in [5, 5.41) is 21.8. The second-order valence-electron chi connectivity index (χ2n) is 6.87. The van der Waals surface area contributed by atoms with Crippen LogP contribution in [0.25, 0.3) is 21.8 Å². The predicted octanol–water partition coefficient (Wildman–Crippen LogP) is 4.16. The lowest BCUT2D eigenvalue weighted by Crippen LogP contribution is -2.18. The summed E-state index contributed by atoms with van der Waals surface area (Å²) in [7, 11) is 0. The molecular weight excluding hydrogens is 324 g/mol. The largest absolute Gasteiger partial charge is 0.396 e. The number of aliphatic hydroxyl groups excluding tert-OH is 2. The summed E-state index contributed by atoms with van der Waals surface area (Å²) in [5.74, 6) is 0.0967. The molecule has 2 heterocycles. The van der Waals surface area contributed by atoms with Crippen molar-refractivity contribution in [2.75, 3.05) is 13.2 Å². The number of aromatic amines is 2. The first-order valence-corrected chi connectivity index (χ1v) is 9.17. The standard InChI is InChI=1S/C22H24N2O2/c25-11-5-6-15(14-26)22(18-12-23-20-9-3-1-7-16(18)20)19-13-24-21-10-4-2-8-17(19)21/h1-4,7-10,12-13,15,22-26H,5-6,11,14H2. The molecule has 0 aliphatic carbocycles. The molecule has 134 valence electrons. The maximum absolute atomic E-state index is 10.2. The zero-order chi connectivity index (χ0) is 17.9. The molecule has 26 heavy (non-hydrogen) atoms. The monoisotopic (exact) mass is 348 g/mol. The Balaban J connectivity index is 1.89. The molecule has 4 rings (SSSR count). The van der Waals surface area contributed by atoms with Gasteiger partial charge in [0.25, 0.3) is 0 Å². The van der Waals surface area contributed by atoms with E-state index in [2.05, 4.69) is 46.6 Å². The molecule has 1 unspecified atom stereocenters. The molecule has 0 saturated carbocycles. The third kappa shape index (κ3) is 2.91. The molecule has 4 aromatic rings. The van der Waals surface area contributed by atoms with Crippen molar-refractivity contribution in [3.8, 4) is 0 Å². The van der Waals surface area contributed by atoms with Gasteiger partial charge in [-0.05, 0) is 42.0 Å². The fourth-order valence-corrected chi connectivity index (χ4v) is 4.09. The summed E-state index contributed by atoms with van der Waals surface area (Å²) >= 11 is 0. The molecule has 0 bridgehead atoms. The van der Waals surface area contributed by atoms with Crippen molar-refractivity contribution in [1.29, 1.82) is 0 Å². The predicted molar refractivity (Wildman–Crippen MR) is 105 cm³/mol. The van der Waals surface area contributed by atoms with E-state index in [-0.39, 0.29) is 25.0 Å². The minimum Gasteiger partial charge on any atom is -0.396 e. The second-order valence-corrected chi connectivity index (χ2v) is 6.87. The van der Waals surface area contributed by atoms with E-state index in [1.807, 2.05) is 24.3 Å². The Morgan fingerprint density at radius 3 is 1.81 bits per heavy atom. The van der Waals surface area contributed by atoms with Gasteiger partial charge in [0.05, 0.1) is 0 Å². The number of fused-ring (bicyclic) bond motifs is 2. The zero-order valence-corrected chi connectivity index (χ0v) is 14.7. The number of hydrogen-bond donors (Lipinski definition) is 4. The van der Waals surface area contributed by atoms with Crippen LogP contribution in [0.4, 0.5) is 0 Å². The second kappa shape index (κ2) is 7.36. The van der Waals surface area contributed by atoms with Crippen molar-refractivity contribution >= 4 is 21.8 Å². The SMILES string of the molecule is OCCCC(CO)C(c1c[nH]c2ccccc12)c1c[nH]c2ccccc12. The highest BCUT2D eigenvalue weighted by Crippen LogP contribution is 2.41. The highest BCUT2D eigenvalue weighted by molar-refractivity contribution is 5.88. The van der Waals surface area contributed by atoms with Gasteiger partial charge in [-0.2, -0.15) is 0 Å². The average molecular weight is 348 g/mol. The lowest BCUT2D eigenvalue weighted by molar-refractivity contribution is 0.190. The van der Waals surface area contributed by atoms with Crippen LogP contribution < -0.4 is 0 Å². The summed E-state index contributed by atoms with van der Waals surface area (Å²) in [6.07, 6.45) is 5.60. The first-order valence-electron chi connectivity index (χ1n) is 9.17. The highest BCUT2D eigenvalue weighted by atomic mass is 16.3. The minimum atomic E-state index is 0.0422. The number of para-hydroxylation sites is 2. The Morgan fingerprint density at radius 2 is 1.31 bits per heavy atom. The molecule has 4 N–H and O–H groups in total. The van der Waals surface area contributed by atoms with Gasteiger partial charge < -0.3 is 20.2 Å². The van der Waals surface area contributed by atoms with E-state index in [9.17, 15) is 10.2 Å². The van der Waals surface area contributed by atoms with Crippen molar-refractivity contribution in [3.63, 3.8) is 0 Å². The number of H-pyrrole nitrogens is 2. The van der Waals surface area contributed by atoms with Gasteiger partial charge in [-0.1, -0.05) is 36.4 Å². The van der Waals surface area contributed by atoms with Crippen molar-refractivity contribution in [1.82, 2.24) is 9.97 Å². The summed E-state index contributed by atoms with van der Waals surface area (Å²) in [6.45, 7) is 0.231. The topological polar surface area (TPSA) is 72.0 Å². The van der Waals surface area contributed by atoms with E-state index in [0.29, 0.717) is 6.42 Å². The van der Waals surface area contributed by atoms with Gasteiger partial charge in [-0.3, -0.25) is 0 Å². The maximum atomic E-state index is 10.2. The quantitative estimate of drug-likeness (QED) is 0.405. The van der Waals surface area contributed by atoms with Crippen molar-refractivity contribution in [2.45, 2.75) is 18.8 Å². The molecule has 0 aliphatic heterocycles. The van der Waals surface area contributed by atoms with Crippen LogP contribution >= 0.6 is 0 Å². The lowest BCUT2D eigenvalue weighted by Gasteiger charge is -2.25. The first kappa shape index (κ1) is 16.9. The van der Waals surface area contributed by atoms with Crippen LogP contribution in [0.15, 0.2) is 60.9 Å². The molecule has 0 fully saturated rings. The lowest BCUT2D eigenvalue weighted by atomic mass is 9.78. The number of aromatic nitrogens is 2. The number of benzene rings is 2. The molecule has 0 aliphatic rings. The van der Waals surface area contributed by atoms with Crippen molar-refractivity contribution in [2.24, 2.45) is 5.92 Å². The molecular formula is C22H24N2O2. The van der Waals surface area contributed by atoms with Gasteiger partial charge in [0.2, 0.25) is 0 Å². The molecule has 0 spiro atoms. The van der Waals surface area contributed by atoms with Crippen LogP contribution in [0.3, 0.4) is 0 Å². The Labute approximate surface area is 152 Å².